The molecule has 0 saturated heterocycles. The van der Waals surface area contributed by atoms with Crippen molar-refractivity contribution in [3.63, 3.8) is 0 Å². The fourth-order valence-electron chi connectivity index (χ4n) is 5.53. The molecule has 1 aliphatic carbocycles. The number of rotatable bonds is 10. The molecule has 0 unspecified atom stereocenters. The van der Waals surface area contributed by atoms with E-state index in [1.54, 1.807) is 21.3 Å². The third-order valence-corrected chi connectivity index (χ3v) is 8.27. The molecule has 0 amide bonds. The van der Waals surface area contributed by atoms with Crippen molar-refractivity contribution < 1.29 is 33.3 Å². The lowest BCUT2D eigenvalue weighted by molar-refractivity contribution is -0.144. The lowest BCUT2D eigenvalue weighted by Crippen LogP contribution is -2.36. The number of dihydropyridines is 1. The number of ketones is 1. The standard InChI is InChI=1S/C32H38BrNO7/c1-8-17(3)41-32(36)28-18(4)34-23-13-20(19-10-11-25(37-5)26(15-19)38-6)14-24(35)30(23)29(28)21-12-22(33)31(39-7)27(16-21)40-9-2/h10-12,15-17,20,29,34H,8-9,13-14H2,1-7H3/t17-,20+,29+/m0/s1. The maximum atomic E-state index is 14.0. The molecule has 0 aromatic heterocycles. The quantitative estimate of drug-likeness (QED) is 0.295. The number of carbonyl (C=O) groups is 2. The minimum Gasteiger partial charge on any atom is -0.493 e. The summed E-state index contributed by atoms with van der Waals surface area (Å²) in [4.78, 5) is 27.7. The number of benzene rings is 2. The molecule has 0 radical (unpaired) electrons. The van der Waals surface area contributed by atoms with Gasteiger partial charge in [-0.2, -0.15) is 0 Å². The van der Waals surface area contributed by atoms with Gasteiger partial charge in [-0.05, 0) is 90.9 Å². The Morgan fingerprint density at radius 3 is 2.34 bits per heavy atom. The molecule has 1 aliphatic heterocycles. The molecular weight excluding hydrogens is 590 g/mol. The molecule has 1 N–H and O–H groups in total. The van der Waals surface area contributed by atoms with Crippen molar-refractivity contribution in [3.8, 4) is 23.0 Å². The lowest BCUT2D eigenvalue weighted by atomic mass is 9.71. The summed E-state index contributed by atoms with van der Waals surface area (Å²) >= 11 is 3.61. The Bertz CT molecular complexity index is 1400. The smallest absolute Gasteiger partial charge is 0.337 e. The highest BCUT2D eigenvalue weighted by Crippen LogP contribution is 2.49. The highest BCUT2D eigenvalue weighted by molar-refractivity contribution is 9.10. The summed E-state index contributed by atoms with van der Waals surface area (Å²) in [5, 5.41) is 3.41. The topological polar surface area (TPSA) is 92.3 Å². The first-order valence-electron chi connectivity index (χ1n) is 13.8. The predicted molar refractivity (Wildman–Crippen MR) is 160 cm³/mol. The number of nitrogens with one attached hydrogen (secondary N) is 1. The molecule has 9 heteroatoms. The highest BCUT2D eigenvalue weighted by Gasteiger charge is 2.42. The van der Waals surface area contributed by atoms with E-state index in [0.717, 1.165) is 16.8 Å². The van der Waals surface area contributed by atoms with Crippen molar-refractivity contribution in [1.82, 2.24) is 5.32 Å². The first kappa shape index (κ1) is 30.5. The van der Waals surface area contributed by atoms with Crippen LogP contribution in [0, 0.1) is 0 Å². The molecule has 2 aliphatic rings. The van der Waals surface area contributed by atoms with E-state index < -0.39 is 11.9 Å². The minimum atomic E-state index is -0.636. The van der Waals surface area contributed by atoms with Crippen LogP contribution in [-0.2, 0) is 14.3 Å². The van der Waals surface area contributed by atoms with E-state index in [2.05, 4.69) is 21.2 Å². The van der Waals surface area contributed by atoms with E-state index >= 15 is 0 Å². The van der Waals surface area contributed by atoms with Gasteiger partial charge in [0.2, 0.25) is 0 Å². The number of esters is 1. The summed E-state index contributed by atoms with van der Waals surface area (Å²) in [6.45, 7) is 8.00. The average Bonchev–Trinajstić information content (AvgIpc) is 2.95. The van der Waals surface area contributed by atoms with Crippen LogP contribution in [0.15, 0.2) is 57.3 Å². The monoisotopic (exact) mass is 627 g/mol. The van der Waals surface area contributed by atoms with Gasteiger partial charge in [0.05, 0.1) is 44.1 Å². The molecule has 220 valence electrons. The molecule has 41 heavy (non-hydrogen) atoms. The van der Waals surface area contributed by atoms with Crippen LogP contribution < -0.4 is 24.3 Å². The summed E-state index contributed by atoms with van der Waals surface area (Å²) in [7, 11) is 4.77. The van der Waals surface area contributed by atoms with Crippen LogP contribution in [0.2, 0.25) is 0 Å². The molecule has 0 bridgehead atoms. The van der Waals surface area contributed by atoms with Crippen molar-refractivity contribution >= 4 is 27.7 Å². The largest absolute Gasteiger partial charge is 0.493 e. The van der Waals surface area contributed by atoms with Crippen LogP contribution in [0.5, 0.6) is 23.0 Å². The van der Waals surface area contributed by atoms with Gasteiger partial charge in [-0.25, -0.2) is 4.79 Å². The van der Waals surface area contributed by atoms with Crippen LogP contribution in [0.4, 0.5) is 0 Å². The second kappa shape index (κ2) is 13.0. The fourth-order valence-corrected chi connectivity index (χ4v) is 6.15. The van der Waals surface area contributed by atoms with E-state index in [1.165, 1.54) is 0 Å². The van der Waals surface area contributed by atoms with E-state index in [9.17, 15) is 9.59 Å². The molecule has 8 nitrogen and oxygen atoms in total. The average molecular weight is 629 g/mol. The number of methoxy groups -OCH3 is 3. The number of allylic oxidation sites excluding steroid dienone is 3. The molecular formula is C32H38BrNO7. The second-order valence-corrected chi connectivity index (χ2v) is 11.1. The van der Waals surface area contributed by atoms with E-state index in [4.69, 9.17) is 23.7 Å². The maximum Gasteiger partial charge on any atom is 0.337 e. The minimum absolute atomic E-state index is 0.0326. The van der Waals surface area contributed by atoms with Gasteiger partial charge < -0.3 is 29.0 Å². The summed E-state index contributed by atoms with van der Waals surface area (Å²) in [6, 6.07) is 9.50. The summed E-state index contributed by atoms with van der Waals surface area (Å²) in [5.41, 5.74) is 4.17. The zero-order valence-electron chi connectivity index (χ0n) is 24.7. The molecule has 4 rings (SSSR count). The Morgan fingerprint density at radius 1 is 1.00 bits per heavy atom. The van der Waals surface area contributed by atoms with Crippen LogP contribution >= 0.6 is 15.9 Å². The van der Waals surface area contributed by atoms with Crippen molar-refractivity contribution in [2.45, 2.75) is 64.9 Å². The second-order valence-electron chi connectivity index (χ2n) is 10.2. The number of ether oxygens (including phenoxy) is 5. The molecule has 2 aromatic carbocycles. The molecule has 0 spiro atoms. The van der Waals surface area contributed by atoms with E-state index in [0.29, 0.717) is 63.8 Å². The van der Waals surface area contributed by atoms with Gasteiger partial charge in [0.15, 0.2) is 28.8 Å². The summed E-state index contributed by atoms with van der Waals surface area (Å²) < 4.78 is 28.9. The number of halogens is 1. The maximum absolute atomic E-state index is 14.0. The van der Waals surface area contributed by atoms with Gasteiger partial charge in [0.1, 0.15) is 0 Å². The Kier molecular flexibility index (Phi) is 9.68. The number of hydrogen-bond donors (Lipinski definition) is 1. The van der Waals surface area contributed by atoms with Gasteiger partial charge in [0, 0.05) is 29.3 Å². The van der Waals surface area contributed by atoms with Gasteiger partial charge in [0.25, 0.3) is 0 Å². The highest BCUT2D eigenvalue weighted by atomic mass is 79.9. The third-order valence-electron chi connectivity index (χ3n) is 7.68. The Labute approximate surface area is 250 Å². The molecule has 0 fully saturated rings. The fraction of sp³-hybridized carbons (Fsp3) is 0.438. The number of carbonyl (C=O) groups excluding carboxylic acids is 2. The zero-order chi connectivity index (χ0) is 29.8. The van der Waals surface area contributed by atoms with Gasteiger partial charge in [-0.15, -0.1) is 0 Å². The first-order chi connectivity index (χ1) is 19.7. The molecule has 3 atom stereocenters. The van der Waals surface area contributed by atoms with E-state index in [1.807, 2.05) is 58.0 Å². The SMILES string of the molecule is CCOc1cc([C@@H]2C(C(=O)O[C@@H](C)CC)=C(C)NC3=C2C(=O)C[C@H](c2ccc(OC)c(OC)c2)C3)cc(Br)c1OC. The molecule has 2 aromatic rings. The Morgan fingerprint density at radius 2 is 1.71 bits per heavy atom. The number of hydrogen-bond acceptors (Lipinski definition) is 8. The van der Waals surface area contributed by atoms with Crippen molar-refractivity contribution in [2.75, 3.05) is 27.9 Å². The third kappa shape index (κ3) is 6.10. The summed E-state index contributed by atoms with van der Waals surface area (Å²) in [5.74, 6) is 1.14. The normalized spacial score (nSPS) is 19.3. The van der Waals surface area contributed by atoms with Crippen LogP contribution in [0.3, 0.4) is 0 Å². The van der Waals surface area contributed by atoms with Gasteiger partial charge in [-0.1, -0.05) is 13.0 Å². The number of Topliss-reactive ketones (excluding diaryl/α,β-unsaturated/α-hetero) is 1. The lowest BCUT2D eigenvalue weighted by Gasteiger charge is -2.37. The van der Waals surface area contributed by atoms with Crippen LogP contribution in [0.25, 0.3) is 0 Å². The van der Waals surface area contributed by atoms with Crippen molar-refractivity contribution in [3.05, 3.63) is 68.5 Å². The predicted octanol–water partition coefficient (Wildman–Crippen LogP) is 6.58. The van der Waals surface area contributed by atoms with Gasteiger partial charge in [-0.3, -0.25) is 4.79 Å². The van der Waals surface area contributed by atoms with Crippen LogP contribution in [0.1, 0.15) is 69.9 Å². The van der Waals surface area contributed by atoms with E-state index in [-0.39, 0.29) is 24.2 Å². The van der Waals surface area contributed by atoms with Crippen molar-refractivity contribution in [2.24, 2.45) is 0 Å². The summed E-state index contributed by atoms with van der Waals surface area (Å²) in [6.07, 6.45) is 1.29. The molecule has 1 heterocycles. The Hall–Kier alpha value is -3.46. The van der Waals surface area contributed by atoms with Gasteiger partial charge >= 0.3 is 5.97 Å². The van der Waals surface area contributed by atoms with Crippen molar-refractivity contribution in [1.29, 1.82) is 0 Å². The zero-order valence-corrected chi connectivity index (χ0v) is 26.3. The van der Waals surface area contributed by atoms with Crippen LogP contribution in [-0.4, -0.2) is 45.8 Å². The Balaban J connectivity index is 1.84. The first-order valence-corrected chi connectivity index (χ1v) is 14.6. The molecule has 0 saturated carbocycles.